The van der Waals surface area contributed by atoms with Crippen LogP contribution >= 0.6 is 11.3 Å². The third kappa shape index (κ3) is 4.44. The lowest BCUT2D eigenvalue weighted by Crippen LogP contribution is -2.23. The number of carbonyl (C=O) groups is 2. The fourth-order valence-corrected chi connectivity index (χ4v) is 3.86. The average molecular weight is 423 g/mol. The third-order valence-electron chi connectivity index (χ3n) is 4.66. The summed E-state index contributed by atoms with van der Waals surface area (Å²) < 4.78 is 11.0. The summed E-state index contributed by atoms with van der Waals surface area (Å²) in [5.41, 5.74) is 3.20. The predicted octanol–water partition coefficient (Wildman–Crippen LogP) is 4.03. The lowest BCUT2D eigenvalue weighted by atomic mass is 10.1. The van der Waals surface area contributed by atoms with Gasteiger partial charge in [0, 0.05) is 23.4 Å². The summed E-state index contributed by atoms with van der Waals surface area (Å²) in [5, 5.41) is 8.10. The summed E-state index contributed by atoms with van der Waals surface area (Å²) in [6, 6.07) is 12.9. The molecule has 0 aliphatic carbocycles. The molecule has 2 N–H and O–H groups in total. The summed E-state index contributed by atoms with van der Waals surface area (Å²) in [6.07, 6.45) is 0. The number of benzene rings is 2. The molecule has 0 saturated carbocycles. The number of anilines is 1. The van der Waals surface area contributed by atoms with Crippen LogP contribution in [-0.4, -0.2) is 30.0 Å². The smallest absolute Gasteiger partial charge is 0.257 e. The molecule has 0 spiro atoms. The number of ether oxygens (including phenoxy) is 2. The summed E-state index contributed by atoms with van der Waals surface area (Å²) in [5.74, 6) is 0.893. The van der Waals surface area contributed by atoms with Gasteiger partial charge >= 0.3 is 0 Å². The maximum absolute atomic E-state index is 12.6. The van der Waals surface area contributed by atoms with Gasteiger partial charge in [-0.2, -0.15) is 0 Å². The second-order valence-corrected chi connectivity index (χ2v) is 7.75. The van der Waals surface area contributed by atoms with Crippen molar-refractivity contribution in [1.82, 2.24) is 10.3 Å². The highest BCUT2D eigenvalue weighted by atomic mass is 32.1. The molecule has 30 heavy (non-hydrogen) atoms. The van der Waals surface area contributed by atoms with Crippen molar-refractivity contribution in [1.29, 1.82) is 0 Å². The van der Waals surface area contributed by atoms with Crippen molar-refractivity contribution in [3.63, 3.8) is 0 Å². The van der Waals surface area contributed by atoms with Gasteiger partial charge in [0.05, 0.1) is 11.7 Å². The third-order valence-corrected chi connectivity index (χ3v) is 5.41. The Hall–Kier alpha value is -3.39. The normalized spacial score (nSPS) is 13.4. The number of hydrogen-bond donors (Lipinski definition) is 2. The Balaban J connectivity index is 1.44. The van der Waals surface area contributed by atoms with Gasteiger partial charge in [0.15, 0.2) is 16.6 Å². The lowest BCUT2D eigenvalue weighted by molar-refractivity contribution is -0.119. The molecule has 1 aliphatic heterocycles. The van der Waals surface area contributed by atoms with Crippen molar-refractivity contribution in [2.75, 3.05) is 18.5 Å². The molecule has 0 bridgehead atoms. The molecule has 8 heteroatoms. The van der Waals surface area contributed by atoms with Crippen molar-refractivity contribution >= 4 is 28.3 Å². The molecular formula is C22H21N3O4S. The van der Waals surface area contributed by atoms with E-state index in [0.29, 0.717) is 35.4 Å². The first kappa shape index (κ1) is 19.9. The van der Waals surface area contributed by atoms with Crippen LogP contribution < -0.4 is 20.1 Å². The van der Waals surface area contributed by atoms with Gasteiger partial charge in [-0.25, -0.2) is 4.98 Å². The Bertz CT molecular complexity index is 1080. The van der Waals surface area contributed by atoms with Gasteiger partial charge in [-0.15, -0.1) is 11.3 Å². The first-order valence-electron chi connectivity index (χ1n) is 9.53. The zero-order chi connectivity index (χ0) is 21.1. The number of nitrogens with zero attached hydrogens (tertiary/aromatic N) is 1. The number of fused-ring (bicyclic) bond motifs is 1. The molecule has 2 aromatic carbocycles. The van der Waals surface area contributed by atoms with Crippen LogP contribution in [0, 0.1) is 0 Å². The van der Waals surface area contributed by atoms with E-state index in [1.807, 2.05) is 36.6 Å². The number of thiazole rings is 1. The lowest BCUT2D eigenvalue weighted by Gasteiger charge is -2.18. The molecule has 154 valence electrons. The van der Waals surface area contributed by atoms with Crippen molar-refractivity contribution in [2.24, 2.45) is 0 Å². The molecule has 0 saturated heterocycles. The van der Waals surface area contributed by atoms with Crippen LogP contribution in [0.25, 0.3) is 11.3 Å². The first-order valence-corrected chi connectivity index (χ1v) is 10.4. The summed E-state index contributed by atoms with van der Waals surface area (Å²) in [4.78, 5) is 28.3. The average Bonchev–Trinajstić information content (AvgIpc) is 3.21. The second kappa shape index (κ2) is 8.54. The Morgan fingerprint density at radius 2 is 1.80 bits per heavy atom. The van der Waals surface area contributed by atoms with Crippen molar-refractivity contribution in [3.05, 3.63) is 59.0 Å². The molecule has 2 heterocycles. The fraction of sp³-hybridized carbons (Fsp3) is 0.227. The standard InChI is InChI=1S/C22H21N3O4S/c1-13(23-14(2)26)15-3-5-16(6-4-15)18-12-30-22(24-18)25-21(27)17-7-8-19-20(11-17)29-10-9-28-19/h3-8,11-13H,9-10H2,1-2H3,(H,23,26)(H,24,25,27). The topological polar surface area (TPSA) is 89.6 Å². The SMILES string of the molecule is CC(=O)NC(C)c1ccc(-c2csc(NC(=O)c3ccc4c(c3)OCCO4)n2)cc1. The number of nitrogens with one attached hydrogen (secondary N) is 2. The van der Waals surface area contributed by atoms with E-state index in [1.54, 1.807) is 18.2 Å². The van der Waals surface area contributed by atoms with Crippen molar-refractivity contribution in [3.8, 4) is 22.8 Å². The van der Waals surface area contributed by atoms with Crippen molar-refractivity contribution in [2.45, 2.75) is 19.9 Å². The monoisotopic (exact) mass is 423 g/mol. The Labute approximate surface area is 178 Å². The molecule has 3 aromatic rings. The highest BCUT2D eigenvalue weighted by molar-refractivity contribution is 7.14. The van der Waals surface area contributed by atoms with E-state index in [1.165, 1.54) is 18.3 Å². The van der Waals surface area contributed by atoms with Crippen LogP contribution in [0.1, 0.15) is 35.8 Å². The van der Waals surface area contributed by atoms with Crippen molar-refractivity contribution < 1.29 is 19.1 Å². The van der Waals surface area contributed by atoms with Crippen LogP contribution in [0.5, 0.6) is 11.5 Å². The van der Waals surface area contributed by atoms with Gasteiger partial charge in [-0.1, -0.05) is 24.3 Å². The molecule has 2 amide bonds. The van der Waals surface area contributed by atoms with Crippen LogP contribution in [0.4, 0.5) is 5.13 Å². The Kier molecular flexibility index (Phi) is 5.67. The van der Waals surface area contributed by atoms with Crippen LogP contribution in [-0.2, 0) is 4.79 Å². The molecule has 7 nitrogen and oxygen atoms in total. The number of rotatable bonds is 5. The maximum atomic E-state index is 12.6. The molecular weight excluding hydrogens is 402 g/mol. The molecule has 1 aromatic heterocycles. The van der Waals surface area contributed by atoms with E-state index in [4.69, 9.17) is 9.47 Å². The Morgan fingerprint density at radius 1 is 1.07 bits per heavy atom. The van der Waals surface area contributed by atoms with Gasteiger partial charge in [-0.3, -0.25) is 14.9 Å². The van der Waals surface area contributed by atoms with Gasteiger partial charge in [0.1, 0.15) is 13.2 Å². The molecule has 4 rings (SSSR count). The van der Waals surface area contributed by atoms with E-state index in [2.05, 4.69) is 15.6 Å². The van der Waals surface area contributed by atoms with Gasteiger partial charge in [-0.05, 0) is 30.7 Å². The quantitative estimate of drug-likeness (QED) is 0.647. The van der Waals surface area contributed by atoms with Crippen LogP contribution in [0.3, 0.4) is 0 Å². The minimum Gasteiger partial charge on any atom is -0.486 e. The first-order chi connectivity index (χ1) is 14.5. The van der Waals surface area contributed by atoms with E-state index < -0.39 is 0 Å². The summed E-state index contributed by atoms with van der Waals surface area (Å²) >= 11 is 1.36. The van der Waals surface area contributed by atoms with E-state index in [0.717, 1.165) is 16.8 Å². The van der Waals surface area contributed by atoms with Crippen LogP contribution in [0.2, 0.25) is 0 Å². The van der Waals surface area contributed by atoms with Gasteiger partial charge in [0.2, 0.25) is 5.91 Å². The zero-order valence-electron chi connectivity index (χ0n) is 16.6. The number of amides is 2. The maximum Gasteiger partial charge on any atom is 0.257 e. The summed E-state index contributed by atoms with van der Waals surface area (Å²) in [7, 11) is 0. The molecule has 1 unspecified atom stereocenters. The zero-order valence-corrected chi connectivity index (χ0v) is 17.4. The second-order valence-electron chi connectivity index (χ2n) is 6.89. The highest BCUT2D eigenvalue weighted by Crippen LogP contribution is 2.31. The van der Waals surface area contributed by atoms with Gasteiger partial charge < -0.3 is 14.8 Å². The number of aromatic nitrogens is 1. The molecule has 0 fully saturated rings. The predicted molar refractivity (Wildman–Crippen MR) is 115 cm³/mol. The van der Waals surface area contributed by atoms with E-state index >= 15 is 0 Å². The highest BCUT2D eigenvalue weighted by Gasteiger charge is 2.16. The largest absolute Gasteiger partial charge is 0.486 e. The van der Waals surface area contributed by atoms with E-state index in [-0.39, 0.29) is 17.9 Å². The van der Waals surface area contributed by atoms with Gasteiger partial charge in [0.25, 0.3) is 5.91 Å². The fourth-order valence-electron chi connectivity index (χ4n) is 3.15. The molecule has 0 radical (unpaired) electrons. The minimum absolute atomic E-state index is 0.0622. The molecule has 1 atom stereocenters. The number of hydrogen-bond acceptors (Lipinski definition) is 6. The molecule has 1 aliphatic rings. The van der Waals surface area contributed by atoms with E-state index in [9.17, 15) is 9.59 Å². The summed E-state index contributed by atoms with van der Waals surface area (Å²) in [6.45, 7) is 4.41. The number of carbonyl (C=O) groups excluding carboxylic acids is 2. The minimum atomic E-state index is -0.257. The van der Waals surface area contributed by atoms with Crippen LogP contribution in [0.15, 0.2) is 47.8 Å². The Morgan fingerprint density at radius 3 is 2.53 bits per heavy atom.